The summed E-state index contributed by atoms with van der Waals surface area (Å²) in [5, 5.41) is 13.3. The Morgan fingerprint density at radius 1 is 1.41 bits per heavy atom. The zero-order valence-electron chi connectivity index (χ0n) is 18.5. The fourth-order valence-corrected chi connectivity index (χ4v) is 5.95. The minimum Gasteiger partial charge on any atom is -0.466 e. The van der Waals surface area contributed by atoms with Crippen molar-refractivity contribution in [3.05, 3.63) is 28.8 Å². The third-order valence-electron chi connectivity index (χ3n) is 7.09. The number of fused-ring (bicyclic) bond motifs is 1. The van der Waals surface area contributed by atoms with E-state index in [1.54, 1.807) is 19.1 Å². The van der Waals surface area contributed by atoms with Crippen LogP contribution in [0.4, 0.5) is 5.69 Å². The first-order valence-corrected chi connectivity index (χ1v) is 11.5. The number of esters is 1. The van der Waals surface area contributed by atoms with Crippen LogP contribution in [0.2, 0.25) is 5.02 Å². The maximum absolute atomic E-state index is 13.7. The molecule has 174 valence electrons. The van der Waals surface area contributed by atoms with E-state index in [4.69, 9.17) is 21.1 Å². The molecule has 0 aromatic heterocycles. The van der Waals surface area contributed by atoms with Crippen LogP contribution >= 0.6 is 11.6 Å². The largest absolute Gasteiger partial charge is 0.466 e. The standard InChI is InChI=1S/C23H29ClN2O6/c1-4-13(11-27)26-19(20(28)25-18-12(3)7-6-8-14(18)24)23-10-9-15(32-23)16(17(23)21(26)29)22(30)31-5-2/h6-8,13,15-17,19,27H,4-5,9-11H2,1-3H3,(H,25,28)/t13-,15+,16-,17-,19+,23-/m0/s1. The number of nitrogens with one attached hydrogen (secondary N) is 1. The molecule has 0 radical (unpaired) electrons. The molecule has 9 heteroatoms. The summed E-state index contributed by atoms with van der Waals surface area (Å²) in [6.45, 7) is 5.29. The van der Waals surface area contributed by atoms with E-state index in [9.17, 15) is 19.5 Å². The SMILES string of the molecule is CCOC(=O)[C@@H]1[C@H]2C(=O)N([C@@H](CC)CO)[C@H](C(=O)Nc3c(C)cccc3Cl)[C@]23CC[C@H]1O3. The number of carbonyl (C=O) groups is 3. The minimum atomic E-state index is -1.14. The van der Waals surface area contributed by atoms with E-state index in [2.05, 4.69) is 5.32 Å². The molecule has 3 aliphatic rings. The van der Waals surface area contributed by atoms with Crippen molar-refractivity contribution >= 4 is 35.1 Å². The average molecular weight is 465 g/mol. The summed E-state index contributed by atoms with van der Waals surface area (Å²) >= 11 is 6.32. The first-order chi connectivity index (χ1) is 15.3. The van der Waals surface area contributed by atoms with Gasteiger partial charge in [-0.05, 0) is 44.7 Å². The lowest BCUT2D eigenvalue weighted by Crippen LogP contribution is -2.56. The molecule has 2 N–H and O–H groups in total. The van der Waals surface area contributed by atoms with Gasteiger partial charge in [0, 0.05) is 0 Å². The van der Waals surface area contributed by atoms with Crippen LogP contribution in [-0.4, -0.2) is 64.8 Å². The van der Waals surface area contributed by atoms with E-state index in [0.29, 0.717) is 30.0 Å². The first-order valence-electron chi connectivity index (χ1n) is 11.1. The predicted octanol–water partition coefficient (Wildman–Crippen LogP) is 2.30. The number of halogens is 1. The Labute approximate surface area is 192 Å². The molecule has 32 heavy (non-hydrogen) atoms. The molecule has 3 saturated heterocycles. The highest BCUT2D eigenvalue weighted by molar-refractivity contribution is 6.34. The number of anilines is 1. The van der Waals surface area contributed by atoms with E-state index in [1.165, 1.54) is 4.90 Å². The number of amides is 2. The topological polar surface area (TPSA) is 105 Å². The maximum Gasteiger partial charge on any atom is 0.312 e. The van der Waals surface area contributed by atoms with Crippen molar-refractivity contribution in [2.75, 3.05) is 18.5 Å². The number of likely N-dealkylation sites (tertiary alicyclic amines) is 1. The number of hydrogen-bond donors (Lipinski definition) is 2. The number of benzene rings is 1. The van der Waals surface area contributed by atoms with E-state index >= 15 is 0 Å². The molecular weight excluding hydrogens is 436 g/mol. The third kappa shape index (κ3) is 3.31. The highest BCUT2D eigenvalue weighted by atomic mass is 35.5. The van der Waals surface area contributed by atoms with Crippen molar-refractivity contribution < 1.29 is 29.0 Å². The number of ether oxygens (including phenoxy) is 2. The van der Waals surface area contributed by atoms with Crippen LogP contribution in [0, 0.1) is 18.8 Å². The van der Waals surface area contributed by atoms with Crippen molar-refractivity contribution in [2.24, 2.45) is 11.8 Å². The van der Waals surface area contributed by atoms with E-state index in [1.807, 2.05) is 19.9 Å². The molecule has 0 aliphatic carbocycles. The number of aliphatic hydroxyl groups excluding tert-OH is 1. The third-order valence-corrected chi connectivity index (χ3v) is 7.41. The summed E-state index contributed by atoms with van der Waals surface area (Å²) < 4.78 is 11.5. The zero-order valence-corrected chi connectivity index (χ0v) is 19.2. The molecule has 0 saturated carbocycles. The molecule has 1 aromatic rings. The molecular formula is C23H29ClN2O6. The lowest BCUT2D eigenvalue weighted by molar-refractivity contribution is -0.155. The van der Waals surface area contributed by atoms with Crippen molar-refractivity contribution in [3.8, 4) is 0 Å². The Bertz CT molecular complexity index is 915. The molecule has 2 amide bonds. The maximum atomic E-state index is 13.7. The number of hydrogen-bond acceptors (Lipinski definition) is 6. The van der Waals surface area contributed by atoms with Crippen LogP contribution < -0.4 is 5.32 Å². The summed E-state index contributed by atoms with van der Waals surface area (Å²) in [7, 11) is 0. The number of nitrogens with zero attached hydrogens (tertiary/aromatic N) is 1. The highest BCUT2D eigenvalue weighted by Crippen LogP contribution is 2.59. The molecule has 8 nitrogen and oxygen atoms in total. The van der Waals surface area contributed by atoms with Gasteiger partial charge in [0.15, 0.2) is 0 Å². The molecule has 4 rings (SSSR count). The second-order valence-electron chi connectivity index (χ2n) is 8.72. The second kappa shape index (κ2) is 8.65. The summed E-state index contributed by atoms with van der Waals surface area (Å²) in [6.07, 6.45) is 1.03. The molecule has 2 bridgehead atoms. The van der Waals surface area contributed by atoms with Crippen LogP contribution in [0.5, 0.6) is 0 Å². The number of rotatable bonds is 7. The van der Waals surface area contributed by atoms with Crippen LogP contribution in [0.1, 0.15) is 38.7 Å². The van der Waals surface area contributed by atoms with Crippen LogP contribution in [-0.2, 0) is 23.9 Å². The number of para-hydroxylation sites is 1. The lowest BCUT2D eigenvalue weighted by Gasteiger charge is -2.36. The zero-order chi connectivity index (χ0) is 23.2. The van der Waals surface area contributed by atoms with Crippen molar-refractivity contribution in [1.82, 2.24) is 4.90 Å². The Hall–Kier alpha value is -2.16. The average Bonchev–Trinajstić information content (AvgIpc) is 3.40. The van der Waals surface area contributed by atoms with Gasteiger partial charge in [-0.1, -0.05) is 30.7 Å². The summed E-state index contributed by atoms with van der Waals surface area (Å²) in [5.41, 5.74) is 0.116. The Morgan fingerprint density at radius 3 is 2.78 bits per heavy atom. The monoisotopic (exact) mass is 464 g/mol. The van der Waals surface area contributed by atoms with Gasteiger partial charge in [-0.2, -0.15) is 0 Å². The van der Waals surface area contributed by atoms with Gasteiger partial charge in [0.05, 0.1) is 47.9 Å². The van der Waals surface area contributed by atoms with E-state index in [-0.39, 0.29) is 19.1 Å². The number of carbonyl (C=O) groups excluding carboxylic acids is 3. The van der Waals surface area contributed by atoms with Gasteiger partial charge in [-0.3, -0.25) is 14.4 Å². The Kier molecular flexibility index (Phi) is 6.22. The van der Waals surface area contributed by atoms with Crippen molar-refractivity contribution in [2.45, 2.75) is 63.8 Å². The second-order valence-corrected chi connectivity index (χ2v) is 9.13. The summed E-state index contributed by atoms with van der Waals surface area (Å²) in [6, 6.07) is 3.74. The molecule has 3 aliphatic heterocycles. The van der Waals surface area contributed by atoms with Crippen LogP contribution in [0.25, 0.3) is 0 Å². The van der Waals surface area contributed by atoms with E-state index < -0.39 is 47.5 Å². The van der Waals surface area contributed by atoms with Gasteiger partial charge in [0.1, 0.15) is 11.6 Å². The lowest BCUT2D eigenvalue weighted by atomic mass is 9.70. The quantitative estimate of drug-likeness (QED) is 0.600. The van der Waals surface area contributed by atoms with Gasteiger partial charge >= 0.3 is 5.97 Å². The highest BCUT2D eigenvalue weighted by Gasteiger charge is 2.75. The fourth-order valence-electron chi connectivity index (χ4n) is 5.69. The van der Waals surface area contributed by atoms with E-state index in [0.717, 1.165) is 5.56 Å². The summed E-state index contributed by atoms with van der Waals surface area (Å²) in [5.74, 6) is -2.83. The van der Waals surface area contributed by atoms with Gasteiger partial charge in [0.2, 0.25) is 11.8 Å². The molecule has 1 spiro atoms. The Balaban J connectivity index is 1.76. The van der Waals surface area contributed by atoms with Crippen molar-refractivity contribution in [1.29, 1.82) is 0 Å². The first kappa shape index (κ1) is 23.0. The van der Waals surface area contributed by atoms with Gasteiger partial charge in [0.25, 0.3) is 0 Å². The normalized spacial score (nSPS) is 31.5. The molecule has 0 unspecified atom stereocenters. The fraction of sp³-hybridized carbons (Fsp3) is 0.609. The summed E-state index contributed by atoms with van der Waals surface area (Å²) in [4.78, 5) is 41.6. The number of aliphatic hydroxyl groups is 1. The van der Waals surface area contributed by atoms with Crippen LogP contribution in [0.3, 0.4) is 0 Å². The van der Waals surface area contributed by atoms with Crippen LogP contribution in [0.15, 0.2) is 18.2 Å². The van der Waals surface area contributed by atoms with Gasteiger partial charge in [-0.15, -0.1) is 0 Å². The smallest absolute Gasteiger partial charge is 0.312 e. The van der Waals surface area contributed by atoms with Gasteiger partial charge in [-0.25, -0.2) is 0 Å². The predicted molar refractivity (Wildman–Crippen MR) is 117 cm³/mol. The molecule has 1 aromatic carbocycles. The molecule has 3 fully saturated rings. The Morgan fingerprint density at radius 2 is 2.16 bits per heavy atom. The van der Waals surface area contributed by atoms with Gasteiger partial charge < -0.3 is 24.8 Å². The van der Waals surface area contributed by atoms with Crippen molar-refractivity contribution in [3.63, 3.8) is 0 Å². The number of aryl methyl sites for hydroxylation is 1. The molecule has 3 heterocycles. The molecule has 6 atom stereocenters. The minimum absolute atomic E-state index is 0.198.